The van der Waals surface area contributed by atoms with Gasteiger partial charge in [-0.05, 0) is 62.2 Å². The Labute approximate surface area is 149 Å². The maximum atomic E-state index is 12.7. The highest BCUT2D eigenvalue weighted by Gasteiger charge is 2.65. The van der Waals surface area contributed by atoms with Crippen molar-refractivity contribution in [2.24, 2.45) is 5.41 Å². The van der Waals surface area contributed by atoms with Gasteiger partial charge in [-0.15, -0.1) is 0 Å². The van der Waals surface area contributed by atoms with Gasteiger partial charge in [0.1, 0.15) is 0 Å². The fourth-order valence-corrected chi connectivity index (χ4v) is 6.49. The molecular formula is C21H26N2O2. The second-order valence-electron chi connectivity index (χ2n) is 8.17. The Morgan fingerprint density at radius 3 is 2.96 bits per heavy atom. The van der Waals surface area contributed by atoms with Crippen LogP contribution in [0.25, 0.3) is 0 Å². The van der Waals surface area contributed by atoms with Crippen LogP contribution in [0.2, 0.25) is 0 Å². The molecule has 4 nitrogen and oxygen atoms in total. The maximum absolute atomic E-state index is 12.7. The number of carbonyl (C=O) groups excluding carboxylic acids is 1. The first kappa shape index (κ1) is 15.4. The van der Waals surface area contributed by atoms with Crippen LogP contribution in [0.5, 0.6) is 0 Å². The zero-order valence-corrected chi connectivity index (χ0v) is 15.1. The van der Waals surface area contributed by atoms with E-state index in [1.165, 1.54) is 37.7 Å². The molecule has 0 amide bonds. The molecule has 132 valence electrons. The molecule has 2 fully saturated rings. The molecule has 5 rings (SSSR count). The van der Waals surface area contributed by atoms with Crippen LogP contribution < -0.4 is 5.32 Å². The number of methoxy groups -OCH3 is 1. The molecule has 0 saturated carbocycles. The van der Waals surface area contributed by atoms with Gasteiger partial charge in [-0.1, -0.05) is 25.1 Å². The van der Waals surface area contributed by atoms with Gasteiger partial charge in [0, 0.05) is 17.4 Å². The quantitative estimate of drug-likeness (QED) is 0.839. The molecule has 3 atom stereocenters. The second kappa shape index (κ2) is 5.10. The van der Waals surface area contributed by atoms with Gasteiger partial charge in [-0.3, -0.25) is 4.90 Å². The lowest BCUT2D eigenvalue weighted by atomic mass is 9.53. The number of nitrogens with zero attached hydrogens (tertiary/aromatic N) is 1. The average molecular weight is 338 g/mol. The van der Waals surface area contributed by atoms with Crippen molar-refractivity contribution in [2.45, 2.75) is 50.5 Å². The maximum Gasteiger partial charge on any atom is 0.335 e. The van der Waals surface area contributed by atoms with E-state index in [2.05, 4.69) is 41.4 Å². The van der Waals surface area contributed by atoms with Crippen molar-refractivity contribution in [2.75, 3.05) is 25.5 Å². The van der Waals surface area contributed by atoms with E-state index in [1.807, 2.05) is 0 Å². The van der Waals surface area contributed by atoms with Crippen LogP contribution in [0.1, 0.15) is 44.6 Å². The molecule has 0 aromatic heterocycles. The molecule has 2 saturated heterocycles. The third-order valence-electron chi connectivity index (χ3n) is 7.41. The first-order valence-corrected chi connectivity index (χ1v) is 9.59. The molecule has 0 bridgehead atoms. The molecule has 1 spiro atoms. The van der Waals surface area contributed by atoms with E-state index in [0.29, 0.717) is 6.04 Å². The molecule has 0 radical (unpaired) electrons. The van der Waals surface area contributed by atoms with E-state index in [1.54, 1.807) is 0 Å². The summed E-state index contributed by atoms with van der Waals surface area (Å²) >= 11 is 0. The smallest absolute Gasteiger partial charge is 0.335 e. The summed E-state index contributed by atoms with van der Waals surface area (Å²) in [5.74, 6) is -0.148. The Hall–Kier alpha value is -1.81. The van der Waals surface area contributed by atoms with Gasteiger partial charge in [-0.25, -0.2) is 4.79 Å². The molecular weight excluding hydrogens is 312 g/mol. The van der Waals surface area contributed by atoms with Gasteiger partial charge in [0.05, 0.1) is 18.1 Å². The van der Waals surface area contributed by atoms with E-state index in [4.69, 9.17) is 4.74 Å². The lowest BCUT2D eigenvalue weighted by Crippen LogP contribution is -2.59. The number of hydrogen-bond acceptors (Lipinski definition) is 4. The summed E-state index contributed by atoms with van der Waals surface area (Å²) < 4.78 is 5.22. The summed E-state index contributed by atoms with van der Waals surface area (Å²) in [5.41, 5.74) is 4.71. The lowest BCUT2D eigenvalue weighted by molar-refractivity contribution is -0.137. The normalized spacial score (nSPS) is 35.7. The first-order chi connectivity index (χ1) is 12.2. The van der Waals surface area contributed by atoms with Gasteiger partial charge < -0.3 is 10.1 Å². The molecule has 1 aromatic carbocycles. The third-order valence-corrected chi connectivity index (χ3v) is 7.41. The third kappa shape index (κ3) is 1.74. The minimum atomic E-state index is -0.148. The summed E-state index contributed by atoms with van der Waals surface area (Å²) in [7, 11) is 1.51. The molecule has 4 heteroatoms. The predicted octanol–water partition coefficient (Wildman–Crippen LogP) is 3.45. The Morgan fingerprint density at radius 2 is 2.16 bits per heavy atom. The van der Waals surface area contributed by atoms with Crippen LogP contribution in [0.3, 0.4) is 0 Å². The fourth-order valence-electron chi connectivity index (χ4n) is 6.49. The minimum Gasteiger partial charge on any atom is -0.466 e. The fraction of sp³-hybridized carbons (Fsp3) is 0.571. The summed E-state index contributed by atoms with van der Waals surface area (Å²) in [6, 6.07) is 9.15. The van der Waals surface area contributed by atoms with Crippen LogP contribution in [0.4, 0.5) is 5.69 Å². The molecule has 0 unspecified atom stereocenters. The van der Waals surface area contributed by atoms with Gasteiger partial charge in [0.15, 0.2) is 0 Å². The number of esters is 1. The van der Waals surface area contributed by atoms with Gasteiger partial charge in [0.2, 0.25) is 0 Å². The van der Waals surface area contributed by atoms with Crippen LogP contribution in [-0.2, 0) is 14.9 Å². The lowest BCUT2D eigenvalue weighted by Gasteiger charge is -2.56. The zero-order chi connectivity index (χ0) is 17.2. The van der Waals surface area contributed by atoms with Gasteiger partial charge in [0.25, 0.3) is 0 Å². The summed E-state index contributed by atoms with van der Waals surface area (Å²) in [6.07, 6.45) is 5.50. The van der Waals surface area contributed by atoms with Gasteiger partial charge in [-0.2, -0.15) is 0 Å². The Bertz CT molecular complexity index is 786. The van der Waals surface area contributed by atoms with E-state index in [9.17, 15) is 4.79 Å². The number of nitrogens with one attached hydrogen (secondary N) is 1. The predicted molar refractivity (Wildman–Crippen MR) is 97.3 cm³/mol. The average Bonchev–Trinajstić information content (AvgIpc) is 3.21. The largest absolute Gasteiger partial charge is 0.466 e. The van der Waals surface area contributed by atoms with Crippen molar-refractivity contribution < 1.29 is 9.53 Å². The van der Waals surface area contributed by atoms with E-state index in [0.717, 1.165) is 37.1 Å². The van der Waals surface area contributed by atoms with Crippen LogP contribution in [0.15, 0.2) is 35.5 Å². The SMILES string of the molecule is CC[C@]12CCCN3CC[C@@]4(C(=C(C(=O)OC)C1)Nc1ccccc14)[C@H]32. The zero-order valence-electron chi connectivity index (χ0n) is 15.1. The number of hydrogen-bond donors (Lipinski definition) is 1. The standard InChI is InChI=1S/C21H26N2O2/c1-3-20-9-6-11-23-12-10-21(19(20)23)15-7-4-5-8-16(15)22-17(21)14(13-20)18(24)25-2/h4-5,7-8,19,22H,3,6,9-13H2,1-2H3/t19-,20+,21-/m1/s1. The number of anilines is 1. The molecule has 3 heterocycles. The van der Waals surface area contributed by atoms with Crippen molar-refractivity contribution in [3.63, 3.8) is 0 Å². The second-order valence-corrected chi connectivity index (χ2v) is 8.17. The summed E-state index contributed by atoms with van der Waals surface area (Å²) in [4.78, 5) is 15.4. The van der Waals surface area contributed by atoms with Crippen molar-refractivity contribution >= 4 is 11.7 Å². The van der Waals surface area contributed by atoms with Gasteiger partial charge >= 0.3 is 5.97 Å². The topological polar surface area (TPSA) is 41.6 Å². The highest BCUT2D eigenvalue weighted by molar-refractivity contribution is 5.93. The molecule has 1 N–H and O–H groups in total. The van der Waals surface area contributed by atoms with Crippen LogP contribution in [0, 0.1) is 5.41 Å². The van der Waals surface area contributed by atoms with Crippen molar-refractivity contribution in [1.29, 1.82) is 0 Å². The van der Waals surface area contributed by atoms with Crippen molar-refractivity contribution in [3.8, 4) is 0 Å². The Kier molecular flexibility index (Phi) is 3.15. The number of piperidine rings is 1. The number of benzene rings is 1. The number of ether oxygens (including phenoxy) is 1. The number of rotatable bonds is 2. The number of fused-ring (bicyclic) bond motifs is 1. The molecule has 3 aliphatic heterocycles. The summed E-state index contributed by atoms with van der Waals surface area (Å²) in [5, 5.41) is 3.65. The molecule has 1 aromatic rings. The van der Waals surface area contributed by atoms with Crippen LogP contribution >= 0.6 is 0 Å². The minimum absolute atomic E-state index is 0.0607. The van der Waals surface area contributed by atoms with Crippen molar-refractivity contribution in [3.05, 3.63) is 41.1 Å². The molecule has 25 heavy (non-hydrogen) atoms. The highest BCUT2D eigenvalue weighted by atomic mass is 16.5. The Morgan fingerprint density at radius 1 is 1.32 bits per heavy atom. The summed E-state index contributed by atoms with van der Waals surface area (Å²) in [6.45, 7) is 4.63. The highest BCUT2D eigenvalue weighted by Crippen LogP contribution is 2.65. The monoisotopic (exact) mass is 338 g/mol. The number of para-hydroxylation sites is 1. The first-order valence-electron chi connectivity index (χ1n) is 9.59. The number of carbonyl (C=O) groups is 1. The molecule has 4 aliphatic rings. The van der Waals surface area contributed by atoms with E-state index in [-0.39, 0.29) is 16.8 Å². The van der Waals surface area contributed by atoms with Crippen LogP contribution in [-0.4, -0.2) is 37.1 Å². The van der Waals surface area contributed by atoms with Crippen molar-refractivity contribution in [1.82, 2.24) is 4.90 Å². The van der Waals surface area contributed by atoms with E-state index >= 15 is 0 Å². The molecule has 1 aliphatic carbocycles. The Balaban J connectivity index is 1.81. The van der Waals surface area contributed by atoms with E-state index < -0.39 is 0 Å².